The standard InChI is InChI=1S/C2H4O4.K/c3-1-6-2(4)5;/h3H,1H2,(H,4,5);/q;+1/p-1. The van der Waals surface area contributed by atoms with E-state index in [4.69, 9.17) is 15.0 Å². The molecule has 0 heterocycles. The second kappa shape index (κ2) is 6.87. The van der Waals surface area contributed by atoms with Crippen LogP contribution in [-0.4, -0.2) is 18.1 Å². The van der Waals surface area contributed by atoms with E-state index in [1.165, 1.54) is 0 Å². The van der Waals surface area contributed by atoms with Crippen molar-refractivity contribution in [1.29, 1.82) is 0 Å². The first-order valence-electron chi connectivity index (χ1n) is 1.22. The van der Waals surface area contributed by atoms with E-state index < -0.39 is 12.9 Å². The van der Waals surface area contributed by atoms with Gasteiger partial charge in [-0.05, 0) is 0 Å². The molecule has 36 valence electrons. The molecule has 4 nitrogen and oxygen atoms in total. The zero-order valence-corrected chi connectivity index (χ0v) is 7.00. The number of hydrogen-bond donors (Lipinski definition) is 1. The number of aliphatic hydroxyl groups is 1. The molecule has 5 heteroatoms. The molecule has 0 saturated heterocycles. The largest absolute Gasteiger partial charge is 1.00 e. The van der Waals surface area contributed by atoms with Crippen LogP contribution in [0.5, 0.6) is 0 Å². The van der Waals surface area contributed by atoms with E-state index in [0.29, 0.717) is 0 Å². The molecular weight excluding hydrogens is 127 g/mol. The van der Waals surface area contributed by atoms with Gasteiger partial charge >= 0.3 is 51.4 Å². The second-order valence-electron chi connectivity index (χ2n) is 0.523. The summed E-state index contributed by atoms with van der Waals surface area (Å²) < 4.78 is 3.40. The van der Waals surface area contributed by atoms with E-state index in [0.717, 1.165) is 0 Å². The maximum absolute atomic E-state index is 9.11. The molecule has 0 atom stereocenters. The number of hydrogen-bond acceptors (Lipinski definition) is 4. The van der Waals surface area contributed by atoms with Crippen molar-refractivity contribution in [2.45, 2.75) is 0 Å². The Morgan fingerprint density at radius 2 is 2.29 bits per heavy atom. The van der Waals surface area contributed by atoms with Crippen molar-refractivity contribution in [3.8, 4) is 0 Å². The van der Waals surface area contributed by atoms with E-state index >= 15 is 0 Å². The van der Waals surface area contributed by atoms with Crippen LogP contribution in [0.3, 0.4) is 0 Å². The van der Waals surface area contributed by atoms with Crippen LogP contribution in [0, 0.1) is 0 Å². The zero-order valence-electron chi connectivity index (χ0n) is 3.88. The summed E-state index contributed by atoms with van der Waals surface area (Å²) in [5.74, 6) is 0. The minimum absolute atomic E-state index is 0. The topological polar surface area (TPSA) is 69.6 Å². The Kier molecular flexibility index (Phi) is 10.6. The first-order chi connectivity index (χ1) is 2.77. The molecule has 0 aliphatic heterocycles. The van der Waals surface area contributed by atoms with Gasteiger partial charge in [-0.1, -0.05) is 0 Å². The van der Waals surface area contributed by atoms with Crippen molar-refractivity contribution in [3.05, 3.63) is 0 Å². The zero-order chi connectivity index (χ0) is 4.99. The molecule has 0 saturated carbocycles. The van der Waals surface area contributed by atoms with Crippen molar-refractivity contribution in [2.24, 2.45) is 0 Å². The SMILES string of the molecule is O=C([O-])OCO.[K+]. The Bertz CT molecular complexity index is 53.7. The third kappa shape index (κ3) is 10.9. The van der Waals surface area contributed by atoms with Gasteiger partial charge in [0.2, 0.25) is 0 Å². The molecule has 0 aromatic heterocycles. The van der Waals surface area contributed by atoms with Crippen molar-refractivity contribution in [2.75, 3.05) is 6.79 Å². The minimum Gasteiger partial charge on any atom is -0.524 e. The molecule has 0 radical (unpaired) electrons. The maximum atomic E-state index is 9.11. The quantitative estimate of drug-likeness (QED) is 0.220. The van der Waals surface area contributed by atoms with Crippen LogP contribution >= 0.6 is 0 Å². The molecule has 0 aromatic rings. The molecule has 0 amide bonds. The van der Waals surface area contributed by atoms with Crippen LogP contribution in [0.1, 0.15) is 0 Å². The number of rotatable bonds is 1. The molecule has 0 aliphatic rings. The van der Waals surface area contributed by atoms with Crippen LogP contribution in [0.4, 0.5) is 4.79 Å². The summed E-state index contributed by atoms with van der Waals surface area (Å²) in [7, 11) is 0. The summed E-state index contributed by atoms with van der Waals surface area (Å²) in [6, 6.07) is 0. The van der Waals surface area contributed by atoms with Gasteiger partial charge in [-0.2, -0.15) is 0 Å². The summed E-state index contributed by atoms with van der Waals surface area (Å²) in [6.07, 6.45) is -1.71. The van der Waals surface area contributed by atoms with Gasteiger partial charge in [0.1, 0.15) is 6.79 Å². The van der Waals surface area contributed by atoms with Crippen molar-refractivity contribution in [1.82, 2.24) is 0 Å². The molecule has 7 heavy (non-hydrogen) atoms. The van der Waals surface area contributed by atoms with Crippen molar-refractivity contribution in [3.63, 3.8) is 0 Å². The molecule has 0 unspecified atom stereocenters. The summed E-state index contributed by atoms with van der Waals surface area (Å²) >= 11 is 0. The predicted molar refractivity (Wildman–Crippen MR) is 13.6 cm³/mol. The Labute approximate surface area is 82.9 Å². The van der Waals surface area contributed by atoms with E-state index in [2.05, 4.69) is 4.74 Å². The smallest absolute Gasteiger partial charge is 0.524 e. The molecule has 1 N–H and O–H groups in total. The van der Waals surface area contributed by atoms with Crippen LogP contribution in [0.2, 0.25) is 0 Å². The van der Waals surface area contributed by atoms with Gasteiger partial charge in [-0.15, -0.1) is 0 Å². The van der Waals surface area contributed by atoms with E-state index in [1.54, 1.807) is 0 Å². The second-order valence-corrected chi connectivity index (χ2v) is 0.523. The van der Waals surface area contributed by atoms with E-state index in [9.17, 15) is 0 Å². The van der Waals surface area contributed by atoms with E-state index in [1.807, 2.05) is 0 Å². The van der Waals surface area contributed by atoms with Gasteiger partial charge in [-0.3, -0.25) is 0 Å². The maximum Gasteiger partial charge on any atom is 1.00 e. The van der Waals surface area contributed by atoms with Gasteiger partial charge in [0.25, 0.3) is 6.16 Å². The van der Waals surface area contributed by atoms with Gasteiger partial charge in [0, 0.05) is 0 Å². The fourth-order valence-electron chi connectivity index (χ4n) is 0.0527. The Hall–Kier alpha value is 0.866. The first-order valence-corrected chi connectivity index (χ1v) is 1.22. The van der Waals surface area contributed by atoms with Gasteiger partial charge in [0.15, 0.2) is 0 Å². The summed E-state index contributed by atoms with van der Waals surface area (Å²) in [5, 5.41) is 16.7. The monoisotopic (exact) mass is 130 g/mol. The number of carbonyl (C=O) groups is 1. The molecule has 0 rings (SSSR count). The normalized spacial score (nSPS) is 6.43. The fraction of sp³-hybridized carbons (Fsp3) is 0.500. The average molecular weight is 130 g/mol. The molecule has 0 spiro atoms. The number of ether oxygens (including phenoxy) is 1. The molecular formula is C2H3KO4. The molecule has 0 fully saturated rings. The van der Waals surface area contributed by atoms with Gasteiger partial charge in [-0.25, -0.2) is 0 Å². The average Bonchev–Trinajstić information content (AvgIpc) is 1.35. The summed E-state index contributed by atoms with van der Waals surface area (Å²) in [6.45, 7) is -0.831. The van der Waals surface area contributed by atoms with Crippen molar-refractivity contribution >= 4 is 6.16 Å². The van der Waals surface area contributed by atoms with Crippen LogP contribution in [-0.2, 0) is 4.74 Å². The van der Waals surface area contributed by atoms with Crippen LogP contribution < -0.4 is 56.5 Å². The number of carboxylic acid groups (broad SMARTS) is 1. The first kappa shape index (κ1) is 10.8. The van der Waals surface area contributed by atoms with Gasteiger partial charge < -0.3 is 19.7 Å². The number of aliphatic hydroxyl groups excluding tert-OH is 1. The third-order valence-corrected chi connectivity index (χ3v) is 0.182. The van der Waals surface area contributed by atoms with Crippen molar-refractivity contribution < 1.29 is 71.1 Å². The minimum atomic E-state index is -1.71. The summed E-state index contributed by atoms with van der Waals surface area (Å²) in [4.78, 5) is 9.11. The Morgan fingerprint density at radius 3 is 2.29 bits per heavy atom. The Balaban J connectivity index is 0. The number of carbonyl (C=O) groups excluding carboxylic acids is 1. The van der Waals surface area contributed by atoms with Crippen LogP contribution in [0.25, 0.3) is 0 Å². The third-order valence-electron chi connectivity index (χ3n) is 0.182. The molecule has 0 bridgehead atoms. The summed E-state index contributed by atoms with van der Waals surface area (Å²) in [5.41, 5.74) is 0. The van der Waals surface area contributed by atoms with E-state index in [-0.39, 0.29) is 51.4 Å². The Morgan fingerprint density at radius 1 is 1.86 bits per heavy atom. The van der Waals surface area contributed by atoms with Gasteiger partial charge in [0.05, 0.1) is 0 Å². The molecule has 0 aromatic carbocycles. The predicted octanol–water partition coefficient (Wildman–Crippen LogP) is -4.70. The fourth-order valence-corrected chi connectivity index (χ4v) is 0.0527. The van der Waals surface area contributed by atoms with Crippen LogP contribution in [0.15, 0.2) is 0 Å². The molecule has 0 aliphatic carbocycles.